The van der Waals surface area contributed by atoms with Gasteiger partial charge in [-0.05, 0) is 55.2 Å². The molecule has 0 bridgehead atoms. The van der Waals surface area contributed by atoms with Crippen LogP contribution in [0.15, 0.2) is 35.6 Å². The van der Waals surface area contributed by atoms with Crippen molar-refractivity contribution >= 4 is 15.7 Å². The summed E-state index contributed by atoms with van der Waals surface area (Å²) < 4.78 is 47.5. The smallest absolute Gasteiger partial charge is 0.228 e. The van der Waals surface area contributed by atoms with Gasteiger partial charge in [0.25, 0.3) is 0 Å². The number of aromatic nitrogens is 2. The Morgan fingerprint density at radius 2 is 1.97 bits per heavy atom. The van der Waals surface area contributed by atoms with Gasteiger partial charge in [0, 0.05) is 19.6 Å². The Morgan fingerprint density at radius 1 is 1.24 bits per heavy atom. The summed E-state index contributed by atoms with van der Waals surface area (Å²) in [5, 5.41) is -0.0231. The molecule has 2 fully saturated rings. The third kappa shape index (κ3) is 6.44. The summed E-state index contributed by atoms with van der Waals surface area (Å²) in [6.07, 6.45) is 5.99. The predicted molar refractivity (Wildman–Crippen MR) is 126 cm³/mol. The topological polar surface area (TPSA) is 81.5 Å². The van der Waals surface area contributed by atoms with Crippen LogP contribution in [0.4, 0.5) is 4.39 Å². The van der Waals surface area contributed by atoms with Crippen molar-refractivity contribution in [1.29, 1.82) is 0 Å². The van der Waals surface area contributed by atoms with E-state index in [2.05, 4.69) is 4.98 Å². The van der Waals surface area contributed by atoms with Gasteiger partial charge in [-0.25, -0.2) is 17.8 Å². The molecule has 2 aliphatic rings. The molecule has 9 heteroatoms. The van der Waals surface area contributed by atoms with E-state index in [-0.39, 0.29) is 28.8 Å². The van der Waals surface area contributed by atoms with Crippen molar-refractivity contribution < 1.29 is 22.3 Å². The number of hydrogen-bond donors (Lipinski definition) is 0. The second-order valence-corrected chi connectivity index (χ2v) is 11.9. The standard InChI is InChI=1S/C25H34FN3O4S/c1-18(2)12-24(30)28(14-19-5-6-19)15-22-13-27-25(29(22)16-23-4-3-11-33-23)34(31,32)17-20-7-9-21(26)10-8-20/h7-10,13,18-19,23H,3-6,11-12,14-17H2,1-2H3/t23-/m1/s1. The molecule has 1 aliphatic carbocycles. The Balaban J connectivity index is 1.62. The zero-order valence-electron chi connectivity index (χ0n) is 20.0. The van der Waals surface area contributed by atoms with E-state index in [0.717, 1.165) is 25.7 Å². The molecule has 0 spiro atoms. The second-order valence-electron chi connectivity index (χ2n) is 9.98. The molecule has 2 heterocycles. The number of sulfone groups is 1. The molecule has 7 nitrogen and oxygen atoms in total. The highest BCUT2D eigenvalue weighted by atomic mass is 32.2. The van der Waals surface area contributed by atoms with E-state index in [9.17, 15) is 17.6 Å². The van der Waals surface area contributed by atoms with E-state index in [1.807, 2.05) is 18.7 Å². The van der Waals surface area contributed by atoms with Gasteiger partial charge >= 0.3 is 0 Å². The Morgan fingerprint density at radius 3 is 2.59 bits per heavy atom. The molecule has 1 amide bonds. The number of rotatable bonds is 11. The molecule has 2 aromatic rings. The Labute approximate surface area is 201 Å². The molecule has 0 unspecified atom stereocenters. The average molecular weight is 492 g/mol. The van der Waals surface area contributed by atoms with Crippen LogP contribution in [0.5, 0.6) is 0 Å². The van der Waals surface area contributed by atoms with E-state index >= 15 is 0 Å². The van der Waals surface area contributed by atoms with Gasteiger partial charge in [0.2, 0.25) is 20.9 Å². The molecule has 1 aliphatic heterocycles. The molecule has 1 saturated heterocycles. The van der Waals surface area contributed by atoms with Crippen LogP contribution in [-0.2, 0) is 38.2 Å². The van der Waals surface area contributed by atoms with E-state index in [4.69, 9.17) is 4.74 Å². The number of amides is 1. The largest absolute Gasteiger partial charge is 0.376 e. The lowest BCUT2D eigenvalue weighted by atomic mass is 10.1. The van der Waals surface area contributed by atoms with Crippen LogP contribution in [0.1, 0.15) is 57.2 Å². The first kappa shape index (κ1) is 24.9. The first-order valence-corrected chi connectivity index (χ1v) is 13.8. The zero-order valence-corrected chi connectivity index (χ0v) is 20.8. The normalized spacial score (nSPS) is 18.5. The van der Waals surface area contributed by atoms with Crippen molar-refractivity contribution in [2.75, 3.05) is 13.2 Å². The van der Waals surface area contributed by atoms with Gasteiger partial charge in [-0.1, -0.05) is 26.0 Å². The van der Waals surface area contributed by atoms with Gasteiger partial charge in [-0.15, -0.1) is 0 Å². The number of carbonyl (C=O) groups is 1. The van der Waals surface area contributed by atoms with Gasteiger partial charge in [-0.3, -0.25) is 4.79 Å². The number of carbonyl (C=O) groups excluding carboxylic acids is 1. The Hall–Kier alpha value is -2.26. The van der Waals surface area contributed by atoms with Crippen molar-refractivity contribution in [2.45, 2.75) is 76.1 Å². The SMILES string of the molecule is CC(C)CC(=O)N(Cc1cnc(S(=O)(=O)Cc2ccc(F)cc2)n1C[C@H]1CCCO1)CC1CC1. The molecule has 1 aromatic carbocycles. The fourth-order valence-corrected chi connectivity index (χ4v) is 5.86. The van der Waals surface area contributed by atoms with Gasteiger partial charge in [-0.2, -0.15) is 0 Å². The zero-order chi connectivity index (χ0) is 24.3. The molecule has 1 saturated carbocycles. The summed E-state index contributed by atoms with van der Waals surface area (Å²) in [6, 6.07) is 5.46. The molecular weight excluding hydrogens is 457 g/mol. The van der Waals surface area contributed by atoms with Crippen LogP contribution >= 0.6 is 0 Å². The number of hydrogen-bond acceptors (Lipinski definition) is 5. The van der Waals surface area contributed by atoms with Crippen molar-refractivity contribution in [3.05, 3.63) is 47.5 Å². The highest BCUT2D eigenvalue weighted by Crippen LogP contribution is 2.31. The third-order valence-electron chi connectivity index (χ3n) is 6.32. The van der Waals surface area contributed by atoms with E-state index < -0.39 is 15.7 Å². The number of halogens is 1. The Kier molecular flexibility index (Phi) is 7.72. The van der Waals surface area contributed by atoms with Gasteiger partial charge < -0.3 is 14.2 Å². The van der Waals surface area contributed by atoms with Crippen LogP contribution in [0, 0.1) is 17.7 Å². The second kappa shape index (κ2) is 10.6. The fraction of sp³-hybridized carbons (Fsp3) is 0.600. The predicted octanol–water partition coefficient (Wildman–Crippen LogP) is 3.96. The number of imidazole rings is 1. The summed E-state index contributed by atoms with van der Waals surface area (Å²) in [5.74, 6) is 0.172. The number of benzene rings is 1. The number of nitrogens with zero attached hydrogens (tertiary/aromatic N) is 3. The molecule has 4 rings (SSSR count). The molecule has 186 valence electrons. The lowest BCUT2D eigenvalue weighted by molar-refractivity contribution is -0.133. The maximum Gasteiger partial charge on any atom is 0.228 e. The summed E-state index contributed by atoms with van der Waals surface area (Å²) in [4.78, 5) is 19.1. The summed E-state index contributed by atoms with van der Waals surface area (Å²) in [7, 11) is -3.79. The summed E-state index contributed by atoms with van der Waals surface area (Å²) in [5.41, 5.74) is 1.20. The lowest BCUT2D eigenvalue weighted by Gasteiger charge is -2.25. The van der Waals surface area contributed by atoms with Crippen molar-refractivity contribution in [3.63, 3.8) is 0 Å². The van der Waals surface area contributed by atoms with Crippen LogP contribution in [0.3, 0.4) is 0 Å². The average Bonchev–Trinajstić information content (AvgIpc) is 3.26. The lowest BCUT2D eigenvalue weighted by Crippen LogP contribution is -2.34. The van der Waals surface area contributed by atoms with Crippen molar-refractivity contribution in [2.24, 2.45) is 11.8 Å². The van der Waals surface area contributed by atoms with E-state index in [1.165, 1.54) is 24.3 Å². The summed E-state index contributed by atoms with van der Waals surface area (Å²) in [6.45, 7) is 6.10. The van der Waals surface area contributed by atoms with Crippen molar-refractivity contribution in [1.82, 2.24) is 14.5 Å². The molecule has 1 aromatic heterocycles. The minimum Gasteiger partial charge on any atom is -0.376 e. The van der Waals surface area contributed by atoms with Crippen LogP contribution < -0.4 is 0 Å². The van der Waals surface area contributed by atoms with Crippen LogP contribution in [-0.4, -0.2) is 48.0 Å². The Bertz CT molecular complexity index is 1090. The van der Waals surface area contributed by atoms with Gasteiger partial charge in [0.15, 0.2) is 0 Å². The quantitative estimate of drug-likeness (QED) is 0.475. The minimum absolute atomic E-state index is 0.0231. The molecule has 1 atom stereocenters. The van der Waals surface area contributed by atoms with Crippen LogP contribution in [0.25, 0.3) is 0 Å². The highest BCUT2D eigenvalue weighted by Gasteiger charge is 2.31. The fourth-order valence-electron chi connectivity index (χ4n) is 4.36. The molecule has 0 N–H and O–H groups in total. The molecule has 0 radical (unpaired) electrons. The first-order valence-electron chi connectivity index (χ1n) is 12.1. The monoisotopic (exact) mass is 491 g/mol. The maximum atomic E-state index is 13.3. The maximum absolute atomic E-state index is 13.3. The van der Waals surface area contributed by atoms with E-state index in [0.29, 0.717) is 49.8 Å². The van der Waals surface area contributed by atoms with Gasteiger partial charge in [0.05, 0.1) is 36.8 Å². The van der Waals surface area contributed by atoms with Crippen LogP contribution in [0.2, 0.25) is 0 Å². The molecular formula is C25H34FN3O4S. The minimum atomic E-state index is -3.79. The van der Waals surface area contributed by atoms with E-state index in [1.54, 1.807) is 10.8 Å². The highest BCUT2D eigenvalue weighted by molar-refractivity contribution is 7.90. The first-order chi connectivity index (χ1) is 16.2. The third-order valence-corrected chi connectivity index (χ3v) is 7.92. The van der Waals surface area contributed by atoms with Gasteiger partial charge in [0.1, 0.15) is 5.82 Å². The van der Waals surface area contributed by atoms with Crippen molar-refractivity contribution in [3.8, 4) is 0 Å². The number of ether oxygens (including phenoxy) is 1. The summed E-state index contributed by atoms with van der Waals surface area (Å²) >= 11 is 0. The molecule has 34 heavy (non-hydrogen) atoms.